The van der Waals surface area contributed by atoms with E-state index < -0.39 is 0 Å². The normalized spacial score (nSPS) is 11.1. The lowest BCUT2D eigenvalue weighted by Gasteiger charge is -2.13. The Balaban J connectivity index is 1.03. The number of H-pyrrole nitrogens is 1. The first-order valence-corrected chi connectivity index (χ1v) is 15.3. The number of amides is 1. The van der Waals surface area contributed by atoms with Crippen molar-refractivity contribution >= 4 is 22.8 Å². The maximum Gasteiger partial charge on any atom is 0.246 e. The van der Waals surface area contributed by atoms with Gasteiger partial charge in [0.05, 0.1) is 33.0 Å². The van der Waals surface area contributed by atoms with E-state index in [0.29, 0.717) is 45.9 Å². The Morgan fingerprint density at radius 1 is 0.837 bits per heavy atom. The van der Waals surface area contributed by atoms with Gasteiger partial charge in [0.1, 0.15) is 17.9 Å². The Hall–Kier alpha value is -6.50. The monoisotopic (exact) mass is 656 g/mol. The number of rotatable bonds is 10. The third kappa shape index (κ3) is 6.41. The van der Waals surface area contributed by atoms with E-state index in [1.165, 1.54) is 4.68 Å². The quantitative estimate of drug-likeness (QED) is 0.167. The molecule has 3 aromatic carbocycles. The third-order valence-electron chi connectivity index (χ3n) is 7.91. The molecule has 0 spiro atoms. The second-order valence-corrected chi connectivity index (χ2v) is 11.5. The van der Waals surface area contributed by atoms with E-state index in [9.17, 15) is 4.79 Å². The van der Waals surface area contributed by atoms with Gasteiger partial charge in [-0.2, -0.15) is 0 Å². The number of imidazole rings is 1. The molecule has 0 saturated heterocycles. The molecule has 13 heteroatoms. The van der Waals surface area contributed by atoms with Crippen molar-refractivity contribution in [2.24, 2.45) is 0 Å². The molecule has 49 heavy (non-hydrogen) atoms. The lowest BCUT2D eigenvalue weighted by atomic mass is 10.1. The number of ether oxygens (including phenoxy) is 3. The lowest BCUT2D eigenvalue weighted by Crippen LogP contribution is -2.19. The Morgan fingerprint density at radius 2 is 1.55 bits per heavy atom. The highest BCUT2D eigenvalue weighted by atomic mass is 16.5. The topological polar surface area (TPSA) is 155 Å². The van der Waals surface area contributed by atoms with Gasteiger partial charge in [0, 0.05) is 34.6 Å². The number of aromatic amines is 1. The van der Waals surface area contributed by atoms with Crippen LogP contribution >= 0.6 is 0 Å². The van der Waals surface area contributed by atoms with Gasteiger partial charge in [0.15, 0.2) is 23.0 Å². The summed E-state index contributed by atoms with van der Waals surface area (Å²) in [6, 6.07) is 21.1. The molecule has 0 aliphatic carbocycles. The first-order valence-electron chi connectivity index (χ1n) is 15.3. The zero-order valence-electron chi connectivity index (χ0n) is 27.4. The van der Waals surface area contributed by atoms with Crippen molar-refractivity contribution in [3.63, 3.8) is 0 Å². The standard InChI is InChI=1S/C36H32N8O5/c1-20-10-21(2)12-23(11-20)29-18-44(43-41-29)19-33(45)38-26-8-6-22(7-9-26)25-13-28-35(37-17-25)40-36(39-28)32-16-27(42-49-32)24-14-30(46-3)34(48-5)31(15-24)47-4/h6-18H,19H2,1-5H3,(H,38,45)(H,37,39,40). The summed E-state index contributed by atoms with van der Waals surface area (Å²) in [4.78, 5) is 25.2. The smallest absolute Gasteiger partial charge is 0.246 e. The molecular weight excluding hydrogens is 624 g/mol. The molecule has 4 aromatic heterocycles. The summed E-state index contributed by atoms with van der Waals surface area (Å²) in [6.07, 6.45) is 3.53. The maximum absolute atomic E-state index is 12.8. The molecule has 4 heterocycles. The molecule has 2 N–H and O–H groups in total. The summed E-state index contributed by atoms with van der Waals surface area (Å²) in [5.74, 6) is 2.22. The molecule has 0 unspecified atom stereocenters. The Bertz CT molecular complexity index is 2260. The van der Waals surface area contributed by atoms with E-state index in [4.69, 9.17) is 18.7 Å². The van der Waals surface area contributed by atoms with Gasteiger partial charge in [-0.05, 0) is 61.9 Å². The van der Waals surface area contributed by atoms with Crippen LogP contribution in [0.5, 0.6) is 17.2 Å². The number of nitrogens with one attached hydrogen (secondary N) is 2. The largest absolute Gasteiger partial charge is 0.493 e. The first kappa shape index (κ1) is 31.1. The van der Waals surface area contributed by atoms with E-state index in [1.54, 1.807) is 51.9 Å². The number of aromatic nitrogens is 7. The van der Waals surface area contributed by atoms with Crippen LogP contribution in [0.1, 0.15) is 11.1 Å². The molecule has 0 fully saturated rings. The third-order valence-corrected chi connectivity index (χ3v) is 7.91. The van der Waals surface area contributed by atoms with Gasteiger partial charge in [-0.3, -0.25) is 4.79 Å². The van der Waals surface area contributed by atoms with Crippen LogP contribution in [0.2, 0.25) is 0 Å². The highest BCUT2D eigenvalue weighted by Gasteiger charge is 2.19. The molecule has 0 aliphatic heterocycles. The van der Waals surface area contributed by atoms with Crippen LogP contribution < -0.4 is 19.5 Å². The zero-order chi connectivity index (χ0) is 34.1. The lowest BCUT2D eigenvalue weighted by molar-refractivity contribution is -0.116. The average Bonchev–Trinajstić information content (AvgIpc) is 3.87. The van der Waals surface area contributed by atoms with Crippen molar-refractivity contribution in [3.8, 4) is 62.5 Å². The molecule has 13 nitrogen and oxygen atoms in total. The fourth-order valence-corrected chi connectivity index (χ4v) is 5.65. The van der Waals surface area contributed by atoms with Crippen LogP contribution in [0.3, 0.4) is 0 Å². The number of methoxy groups -OCH3 is 3. The van der Waals surface area contributed by atoms with E-state index in [-0.39, 0.29) is 12.5 Å². The number of anilines is 1. The molecule has 0 saturated carbocycles. The maximum atomic E-state index is 12.8. The Kier molecular flexibility index (Phi) is 8.22. The summed E-state index contributed by atoms with van der Waals surface area (Å²) in [6.45, 7) is 4.12. The molecule has 0 bridgehead atoms. The van der Waals surface area contributed by atoms with E-state index in [1.807, 2.05) is 56.3 Å². The highest BCUT2D eigenvalue weighted by Crippen LogP contribution is 2.41. The minimum absolute atomic E-state index is 0.0391. The number of pyridine rings is 1. The average molecular weight is 657 g/mol. The number of aryl methyl sites for hydroxylation is 2. The minimum atomic E-state index is -0.210. The number of carbonyl (C=O) groups excluding carboxylic acids is 1. The second kappa shape index (κ2) is 13.0. The van der Waals surface area contributed by atoms with Gasteiger partial charge < -0.3 is 29.0 Å². The molecule has 246 valence electrons. The van der Waals surface area contributed by atoms with Crippen molar-refractivity contribution in [1.82, 2.24) is 35.1 Å². The number of hydrogen-bond acceptors (Lipinski definition) is 10. The molecule has 7 rings (SSSR count). The van der Waals surface area contributed by atoms with Gasteiger partial charge in [0.2, 0.25) is 17.4 Å². The van der Waals surface area contributed by atoms with Gasteiger partial charge in [-0.15, -0.1) is 5.10 Å². The van der Waals surface area contributed by atoms with Crippen LogP contribution in [-0.4, -0.2) is 62.3 Å². The van der Waals surface area contributed by atoms with Crippen molar-refractivity contribution in [1.29, 1.82) is 0 Å². The van der Waals surface area contributed by atoms with Gasteiger partial charge >= 0.3 is 0 Å². The SMILES string of the molecule is COc1cc(-c2cc(-c3nc4ncc(-c5ccc(NC(=O)Cn6cc(-c7cc(C)cc(C)c7)nn6)cc5)cc4[nH]3)on2)cc(OC)c1OC. The van der Waals surface area contributed by atoms with E-state index in [0.717, 1.165) is 44.6 Å². The van der Waals surface area contributed by atoms with Crippen LogP contribution in [0.15, 0.2) is 83.6 Å². The van der Waals surface area contributed by atoms with Crippen LogP contribution in [0, 0.1) is 13.8 Å². The van der Waals surface area contributed by atoms with Crippen LogP contribution in [-0.2, 0) is 11.3 Å². The van der Waals surface area contributed by atoms with E-state index in [2.05, 4.69) is 41.8 Å². The Morgan fingerprint density at radius 3 is 2.24 bits per heavy atom. The fraction of sp³-hybridized carbons (Fsp3) is 0.167. The first-order chi connectivity index (χ1) is 23.8. The fourth-order valence-electron chi connectivity index (χ4n) is 5.65. The highest BCUT2D eigenvalue weighted by molar-refractivity contribution is 5.91. The Labute approximate surface area is 280 Å². The molecule has 7 aromatic rings. The van der Waals surface area contributed by atoms with Crippen molar-refractivity contribution in [3.05, 3.63) is 90.3 Å². The van der Waals surface area contributed by atoms with Crippen molar-refractivity contribution in [2.75, 3.05) is 26.6 Å². The van der Waals surface area contributed by atoms with Crippen molar-refractivity contribution in [2.45, 2.75) is 20.4 Å². The molecule has 0 aliphatic rings. The number of hydrogen-bond donors (Lipinski definition) is 2. The van der Waals surface area contributed by atoms with Gasteiger partial charge in [-0.25, -0.2) is 14.6 Å². The molecular formula is C36H32N8O5. The summed E-state index contributed by atoms with van der Waals surface area (Å²) < 4.78 is 23.5. The number of fused-ring (bicyclic) bond motifs is 1. The predicted octanol–water partition coefficient (Wildman–Crippen LogP) is 6.49. The minimum Gasteiger partial charge on any atom is -0.493 e. The van der Waals surface area contributed by atoms with Gasteiger partial charge in [0.25, 0.3) is 0 Å². The number of nitrogens with zero attached hydrogens (tertiary/aromatic N) is 6. The summed E-state index contributed by atoms with van der Waals surface area (Å²) in [5, 5.41) is 15.5. The number of carbonyl (C=O) groups is 1. The summed E-state index contributed by atoms with van der Waals surface area (Å²) in [7, 11) is 4.67. The second-order valence-electron chi connectivity index (χ2n) is 11.5. The molecule has 1 amide bonds. The van der Waals surface area contributed by atoms with Gasteiger partial charge in [-0.1, -0.05) is 39.7 Å². The van der Waals surface area contributed by atoms with Crippen LogP contribution in [0.4, 0.5) is 5.69 Å². The molecule has 0 atom stereocenters. The predicted molar refractivity (Wildman–Crippen MR) is 183 cm³/mol. The summed E-state index contributed by atoms with van der Waals surface area (Å²) in [5.41, 5.74) is 8.98. The summed E-state index contributed by atoms with van der Waals surface area (Å²) >= 11 is 0. The zero-order valence-corrected chi connectivity index (χ0v) is 27.4. The molecule has 0 radical (unpaired) electrons. The van der Waals surface area contributed by atoms with Crippen LogP contribution in [0.25, 0.3) is 56.4 Å². The number of benzene rings is 3. The van der Waals surface area contributed by atoms with Crippen molar-refractivity contribution < 1.29 is 23.5 Å². The van der Waals surface area contributed by atoms with E-state index >= 15 is 0 Å².